The average molecular weight is 476 g/mol. The Kier molecular flexibility index (Phi) is 15.6. The highest BCUT2D eigenvalue weighted by Crippen LogP contribution is 2.40. The average Bonchev–Trinajstić information content (AvgIpc) is 2.84. The van der Waals surface area contributed by atoms with Crippen LogP contribution in [-0.2, 0) is 42.8 Å². The summed E-state index contributed by atoms with van der Waals surface area (Å²) in [5.41, 5.74) is -1.73. The van der Waals surface area contributed by atoms with E-state index >= 15 is 0 Å². The number of aliphatic hydroxyl groups excluding tert-OH is 3. The summed E-state index contributed by atoms with van der Waals surface area (Å²) in [5, 5.41) is 29.7. The van der Waals surface area contributed by atoms with Gasteiger partial charge in [0, 0.05) is 24.8 Å². The number of hydrogen-bond acceptors (Lipinski definition) is 12. The van der Waals surface area contributed by atoms with Crippen molar-refractivity contribution in [2.45, 2.75) is 12.4 Å². The first-order valence-corrected chi connectivity index (χ1v) is 9.92. The van der Waals surface area contributed by atoms with Gasteiger partial charge in [-0.3, -0.25) is 0 Å². The molecule has 0 atom stereocenters. The summed E-state index contributed by atoms with van der Waals surface area (Å²) < 4.78 is 31.6. The minimum atomic E-state index is -2.24. The van der Waals surface area contributed by atoms with Crippen molar-refractivity contribution in [2.24, 2.45) is 5.41 Å². The van der Waals surface area contributed by atoms with Gasteiger partial charge in [-0.25, -0.2) is 14.4 Å². The first-order chi connectivity index (χ1) is 15.8. The van der Waals surface area contributed by atoms with Gasteiger partial charge in [-0.2, -0.15) is 0 Å². The highest BCUT2D eigenvalue weighted by molar-refractivity contribution is 5.81. The number of aliphatic hydroxyl groups is 3. The van der Waals surface area contributed by atoms with E-state index in [2.05, 4.69) is 19.7 Å². The fourth-order valence-electron chi connectivity index (χ4n) is 2.48. The fraction of sp³-hybridized carbons (Fsp3) is 0.571. The molecule has 0 fully saturated rings. The van der Waals surface area contributed by atoms with E-state index in [4.69, 9.17) is 28.4 Å². The highest BCUT2D eigenvalue weighted by atomic mass is 16.9. The van der Waals surface area contributed by atoms with E-state index < -0.39 is 49.1 Å². The monoisotopic (exact) mass is 476 g/mol. The van der Waals surface area contributed by atoms with E-state index in [1.807, 2.05) is 0 Å². The van der Waals surface area contributed by atoms with Crippen molar-refractivity contribution < 1.29 is 58.1 Å². The van der Waals surface area contributed by atoms with Crippen molar-refractivity contribution >= 4 is 17.9 Å². The Morgan fingerprint density at radius 2 is 0.970 bits per heavy atom. The maximum atomic E-state index is 11.3. The molecule has 0 spiro atoms. The number of ether oxygens (including phenoxy) is 6. The minimum absolute atomic E-state index is 0.245. The summed E-state index contributed by atoms with van der Waals surface area (Å²) in [6.45, 7) is 5.95. The standard InChI is InChI=1S/C21H32O12/c1-4-17(25)28-9-12-31-21(20(15-23,16-24)7-8-22,32-13-10-29-18(26)5-2)33-14-11-30-19(27)6-3/h4-6,22-24H,1-3,7-16H2. The van der Waals surface area contributed by atoms with E-state index in [-0.39, 0.29) is 46.1 Å². The van der Waals surface area contributed by atoms with Gasteiger partial charge in [0.15, 0.2) is 0 Å². The molecule has 0 rings (SSSR count). The second kappa shape index (κ2) is 16.9. The van der Waals surface area contributed by atoms with Crippen LogP contribution in [0.3, 0.4) is 0 Å². The van der Waals surface area contributed by atoms with Crippen molar-refractivity contribution in [3.05, 3.63) is 38.0 Å². The van der Waals surface area contributed by atoms with Gasteiger partial charge in [0.1, 0.15) is 25.2 Å². The predicted octanol–water partition coefficient (Wildman–Crippen LogP) is -0.769. The van der Waals surface area contributed by atoms with Gasteiger partial charge in [0.05, 0.1) is 33.0 Å². The topological polar surface area (TPSA) is 167 Å². The molecule has 0 aromatic rings. The minimum Gasteiger partial charge on any atom is -0.460 e. The molecule has 0 radical (unpaired) electrons. The molecule has 0 heterocycles. The molecule has 0 aliphatic heterocycles. The molecule has 0 unspecified atom stereocenters. The fourth-order valence-corrected chi connectivity index (χ4v) is 2.48. The van der Waals surface area contributed by atoms with Crippen LogP contribution in [-0.4, -0.2) is 98.7 Å². The maximum absolute atomic E-state index is 11.3. The zero-order valence-corrected chi connectivity index (χ0v) is 18.4. The summed E-state index contributed by atoms with van der Waals surface area (Å²) in [5.74, 6) is -4.39. The van der Waals surface area contributed by atoms with Gasteiger partial charge < -0.3 is 43.7 Å². The molecular formula is C21H32O12. The molecule has 0 aliphatic rings. The van der Waals surface area contributed by atoms with Crippen LogP contribution < -0.4 is 0 Å². The molecule has 0 aromatic heterocycles. The molecule has 0 saturated carbocycles. The van der Waals surface area contributed by atoms with Crippen molar-refractivity contribution in [1.29, 1.82) is 0 Å². The van der Waals surface area contributed by atoms with Crippen LogP contribution in [0, 0.1) is 5.41 Å². The Morgan fingerprint density at radius 3 is 1.21 bits per heavy atom. The molecule has 0 amide bonds. The van der Waals surface area contributed by atoms with Crippen molar-refractivity contribution in [1.82, 2.24) is 0 Å². The molecule has 0 aromatic carbocycles. The Morgan fingerprint density at radius 1 is 0.636 bits per heavy atom. The molecule has 0 aliphatic carbocycles. The second-order valence-corrected chi connectivity index (χ2v) is 6.29. The van der Waals surface area contributed by atoms with Gasteiger partial charge >= 0.3 is 17.9 Å². The van der Waals surface area contributed by atoms with E-state index in [1.165, 1.54) is 0 Å². The molecular weight excluding hydrogens is 444 g/mol. The summed E-state index contributed by atoms with van der Waals surface area (Å²) >= 11 is 0. The normalized spacial score (nSPS) is 11.4. The maximum Gasteiger partial charge on any atom is 0.330 e. The van der Waals surface area contributed by atoms with E-state index in [0.717, 1.165) is 18.2 Å². The third kappa shape index (κ3) is 10.2. The van der Waals surface area contributed by atoms with Crippen molar-refractivity contribution in [2.75, 3.05) is 59.5 Å². The first-order valence-electron chi connectivity index (χ1n) is 9.92. The molecule has 0 bridgehead atoms. The number of carbonyl (C=O) groups is 3. The van der Waals surface area contributed by atoms with Crippen LogP contribution in [0.2, 0.25) is 0 Å². The Balaban J connectivity index is 5.74. The summed E-state index contributed by atoms with van der Waals surface area (Å²) in [6.07, 6.45) is 2.59. The first kappa shape index (κ1) is 30.4. The smallest absolute Gasteiger partial charge is 0.330 e. The zero-order valence-electron chi connectivity index (χ0n) is 18.4. The van der Waals surface area contributed by atoms with E-state index in [9.17, 15) is 29.7 Å². The lowest BCUT2D eigenvalue weighted by Crippen LogP contribution is -2.60. The molecule has 12 heteroatoms. The number of carbonyl (C=O) groups excluding carboxylic acids is 3. The summed E-state index contributed by atoms with van der Waals surface area (Å²) in [6, 6.07) is 0. The third-order valence-electron chi connectivity index (χ3n) is 4.20. The van der Waals surface area contributed by atoms with Gasteiger partial charge in [0.25, 0.3) is 5.97 Å². The van der Waals surface area contributed by atoms with E-state index in [1.54, 1.807) is 0 Å². The largest absolute Gasteiger partial charge is 0.460 e. The van der Waals surface area contributed by atoms with Crippen LogP contribution in [0.4, 0.5) is 0 Å². The lowest BCUT2D eigenvalue weighted by atomic mass is 9.83. The lowest BCUT2D eigenvalue weighted by molar-refractivity contribution is -0.441. The quantitative estimate of drug-likeness (QED) is 0.0661. The van der Waals surface area contributed by atoms with Crippen molar-refractivity contribution in [3.8, 4) is 0 Å². The molecule has 33 heavy (non-hydrogen) atoms. The highest BCUT2D eigenvalue weighted by Gasteiger charge is 2.55. The van der Waals surface area contributed by atoms with Crippen molar-refractivity contribution in [3.63, 3.8) is 0 Å². The third-order valence-corrected chi connectivity index (χ3v) is 4.20. The Hall–Kier alpha value is -2.61. The molecule has 3 N–H and O–H groups in total. The Labute approximate surface area is 192 Å². The van der Waals surface area contributed by atoms with Gasteiger partial charge in [-0.15, -0.1) is 0 Å². The number of esters is 3. The SMILES string of the molecule is C=CC(=O)OCCOC(OCCOC(=O)C=C)(OCCOC(=O)C=C)C(CO)(CO)CCO. The van der Waals surface area contributed by atoms with Crippen LogP contribution in [0.15, 0.2) is 38.0 Å². The van der Waals surface area contributed by atoms with Gasteiger partial charge in [-0.1, -0.05) is 19.7 Å². The summed E-state index contributed by atoms with van der Waals surface area (Å²) in [4.78, 5) is 33.8. The van der Waals surface area contributed by atoms with Crippen LogP contribution in [0.5, 0.6) is 0 Å². The van der Waals surface area contributed by atoms with E-state index in [0.29, 0.717) is 0 Å². The van der Waals surface area contributed by atoms with Gasteiger partial charge in [0.2, 0.25) is 0 Å². The summed E-state index contributed by atoms with van der Waals surface area (Å²) in [7, 11) is 0. The second-order valence-electron chi connectivity index (χ2n) is 6.29. The molecule has 188 valence electrons. The Bertz CT molecular complexity index is 572. The predicted molar refractivity (Wildman–Crippen MR) is 112 cm³/mol. The van der Waals surface area contributed by atoms with Crippen LogP contribution >= 0.6 is 0 Å². The number of rotatable bonds is 20. The van der Waals surface area contributed by atoms with Gasteiger partial charge in [-0.05, 0) is 6.42 Å². The zero-order chi connectivity index (χ0) is 25.2. The number of hydrogen-bond donors (Lipinski definition) is 3. The molecule has 12 nitrogen and oxygen atoms in total. The lowest BCUT2D eigenvalue weighted by Gasteiger charge is -2.46. The van der Waals surface area contributed by atoms with Crippen LogP contribution in [0.25, 0.3) is 0 Å². The van der Waals surface area contributed by atoms with Crippen LogP contribution in [0.1, 0.15) is 6.42 Å². The molecule has 0 saturated heterocycles.